The van der Waals surface area contributed by atoms with Crippen LogP contribution in [0.3, 0.4) is 0 Å². The third kappa shape index (κ3) is 5.06. The van der Waals surface area contributed by atoms with Gasteiger partial charge >= 0.3 is 0 Å². The van der Waals surface area contributed by atoms with Gasteiger partial charge in [-0.1, -0.05) is 50.7 Å². The Morgan fingerprint density at radius 1 is 1.00 bits per heavy atom. The van der Waals surface area contributed by atoms with E-state index in [0.717, 1.165) is 34.6 Å². The molecule has 1 saturated heterocycles. The van der Waals surface area contributed by atoms with Crippen LogP contribution in [0.1, 0.15) is 85.0 Å². The van der Waals surface area contributed by atoms with Crippen molar-refractivity contribution in [1.29, 1.82) is 0 Å². The quantitative estimate of drug-likeness (QED) is 0.391. The fourth-order valence-corrected chi connectivity index (χ4v) is 6.29. The lowest BCUT2D eigenvalue weighted by Gasteiger charge is -2.29. The molecule has 6 rings (SSSR count). The highest BCUT2D eigenvalue weighted by atomic mass is 16.5. The van der Waals surface area contributed by atoms with Crippen LogP contribution < -0.4 is 10.1 Å². The van der Waals surface area contributed by atoms with E-state index < -0.39 is 11.9 Å². The van der Waals surface area contributed by atoms with Crippen LogP contribution in [0.4, 0.5) is 0 Å². The third-order valence-corrected chi connectivity index (χ3v) is 8.34. The van der Waals surface area contributed by atoms with Crippen molar-refractivity contribution < 1.29 is 23.5 Å². The van der Waals surface area contributed by atoms with Gasteiger partial charge in [-0.15, -0.1) is 0 Å². The van der Waals surface area contributed by atoms with Crippen molar-refractivity contribution in [2.24, 2.45) is 5.92 Å². The molecule has 198 valence electrons. The first-order valence-corrected chi connectivity index (χ1v) is 14.0. The molecule has 2 fully saturated rings. The van der Waals surface area contributed by atoms with Crippen molar-refractivity contribution >= 4 is 28.7 Å². The molecule has 3 heterocycles. The summed E-state index contributed by atoms with van der Waals surface area (Å²) in [6, 6.07) is 13.2. The first-order chi connectivity index (χ1) is 18.5. The molecule has 3 aromatic rings. The number of carbonyl (C=O) groups excluding carboxylic acids is 3. The van der Waals surface area contributed by atoms with Gasteiger partial charge in [-0.05, 0) is 61.1 Å². The summed E-state index contributed by atoms with van der Waals surface area (Å²) >= 11 is 0. The number of rotatable bonds is 8. The van der Waals surface area contributed by atoms with E-state index in [4.69, 9.17) is 9.15 Å². The predicted octanol–water partition coefficient (Wildman–Crippen LogP) is 5.68. The number of ether oxygens (including phenoxy) is 1. The second kappa shape index (κ2) is 10.6. The van der Waals surface area contributed by atoms with Crippen LogP contribution in [0.15, 0.2) is 46.9 Å². The molecule has 1 unspecified atom stereocenters. The van der Waals surface area contributed by atoms with Gasteiger partial charge in [-0.2, -0.15) is 0 Å². The van der Waals surface area contributed by atoms with Gasteiger partial charge in [0.1, 0.15) is 29.7 Å². The zero-order chi connectivity index (χ0) is 26.1. The molecular formula is C31H34N2O5. The molecule has 1 aliphatic carbocycles. The van der Waals surface area contributed by atoms with Gasteiger partial charge in [0.05, 0.1) is 6.54 Å². The number of piperidine rings is 1. The minimum absolute atomic E-state index is 0.209. The van der Waals surface area contributed by atoms with E-state index in [1.807, 2.05) is 18.2 Å². The molecule has 1 aromatic heterocycles. The van der Waals surface area contributed by atoms with E-state index in [1.165, 1.54) is 55.4 Å². The molecule has 1 saturated carbocycles. The maximum absolute atomic E-state index is 13.1. The zero-order valence-corrected chi connectivity index (χ0v) is 21.7. The van der Waals surface area contributed by atoms with Crippen LogP contribution in [0.5, 0.6) is 5.75 Å². The minimum atomic E-state index is -0.646. The maximum Gasteiger partial charge on any atom is 0.255 e. The van der Waals surface area contributed by atoms with E-state index in [9.17, 15) is 14.4 Å². The van der Waals surface area contributed by atoms with E-state index in [2.05, 4.69) is 17.4 Å². The predicted molar refractivity (Wildman–Crippen MR) is 143 cm³/mol. The summed E-state index contributed by atoms with van der Waals surface area (Å²) in [5.74, 6) is 1.32. The maximum atomic E-state index is 13.1. The molecule has 0 bridgehead atoms. The number of hydrogen-bond acceptors (Lipinski definition) is 5. The number of fused-ring (bicyclic) bond motifs is 2. The lowest BCUT2D eigenvalue weighted by molar-refractivity contribution is -0.136. The Morgan fingerprint density at radius 2 is 1.87 bits per heavy atom. The second-order valence-corrected chi connectivity index (χ2v) is 11.0. The van der Waals surface area contributed by atoms with Gasteiger partial charge in [0.25, 0.3) is 5.91 Å². The Hall–Kier alpha value is -3.61. The molecule has 3 aliphatic rings. The highest BCUT2D eigenvalue weighted by molar-refractivity contribution is 6.05. The zero-order valence-electron chi connectivity index (χ0n) is 21.7. The summed E-state index contributed by atoms with van der Waals surface area (Å²) in [7, 11) is 0. The first kappa shape index (κ1) is 24.7. The molecule has 1 N–H and O–H groups in total. The molecule has 3 amide bonds. The highest BCUT2D eigenvalue weighted by Gasteiger charge is 2.40. The summed E-state index contributed by atoms with van der Waals surface area (Å²) < 4.78 is 12.2. The van der Waals surface area contributed by atoms with Gasteiger partial charge < -0.3 is 14.1 Å². The number of aryl methyl sites for hydroxylation is 1. The lowest BCUT2D eigenvalue weighted by Crippen LogP contribution is -2.52. The van der Waals surface area contributed by atoms with Gasteiger partial charge in [0.2, 0.25) is 11.8 Å². The van der Waals surface area contributed by atoms with Crippen molar-refractivity contribution in [3.63, 3.8) is 0 Å². The number of amides is 3. The Kier molecular flexibility index (Phi) is 6.92. The number of nitrogens with one attached hydrogen (secondary N) is 1. The average molecular weight is 515 g/mol. The van der Waals surface area contributed by atoms with Crippen LogP contribution in [0, 0.1) is 5.92 Å². The number of benzene rings is 2. The Bertz CT molecular complexity index is 1370. The van der Waals surface area contributed by atoms with Crippen LogP contribution in [0.2, 0.25) is 0 Å². The standard InChI is InChI=1S/C31H34N2O5/c34-29-15-13-26(30(35)32-29)33-18-25-24(31(33)36)10-5-11-28(25)37-19-23-17-22-16-21(12-14-27(22)38-23)9-4-8-20-6-2-1-3-7-20/h5,10-12,14,16-17,20,26H,1-4,6-9,13,15,18-19H2,(H,32,34,35). The normalized spacial score (nSPS) is 20.2. The fourth-order valence-electron chi connectivity index (χ4n) is 6.29. The van der Waals surface area contributed by atoms with Crippen molar-refractivity contribution in [2.75, 3.05) is 0 Å². The van der Waals surface area contributed by atoms with Crippen molar-refractivity contribution in [3.8, 4) is 5.75 Å². The Balaban J connectivity index is 1.09. The number of carbonyl (C=O) groups is 3. The lowest BCUT2D eigenvalue weighted by atomic mass is 9.85. The third-order valence-electron chi connectivity index (χ3n) is 8.34. The molecule has 2 aliphatic heterocycles. The van der Waals surface area contributed by atoms with Crippen molar-refractivity contribution in [3.05, 3.63) is 64.9 Å². The van der Waals surface area contributed by atoms with Crippen LogP contribution in [0.25, 0.3) is 11.0 Å². The summed E-state index contributed by atoms with van der Waals surface area (Å²) in [6.45, 7) is 0.524. The van der Waals surface area contributed by atoms with Crippen molar-refractivity contribution in [2.45, 2.75) is 83.4 Å². The molecule has 38 heavy (non-hydrogen) atoms. The first-order valence-electron chi connectivity index (χ1n) is 14.0. The highest BCUT2D eigenvalue weighted by Crippen LogP contribution is 2.34. The molecule has 0 spiro atoms. The van der Waals surface area contributed by atoms with E-state index in [0.29, 0.717) is 17.7 Å². The SMILES string of the molecule is O=C1CCC(N2Cc3c(OCc4cc5cc(CCCC6CCCCC6)ccc5o4)cccc3C2=O)C(=O)N1. The van der Waals surface area contributed by atoms with Gasteiger partial charge in [-0.3, -0.25) is 19.7 Å². The number of hydrogen-bond donors (Lipinski definition) is 1. The molecule has 7 heteroatoms. The monoisotopic (exact) mass is 514 g/mol. The smallest absolute Gasteiger partial charge is 0.255 e. The van der Waals surface area contributed by atoms with Crippen LogP contribution >= 0.6 is 0 Å². The topological polar surface area (TPSA) is 88.9 Å². The van der Waals surface area contributed by atoms with Crippen molar-refractivity contribution in [1.82, 2.24) is 10.2 Å². The molecule has 2 aromatic carbocycles. The molecule has 0 radical (unpaired) electrons. The van der Waals surface area contributed by atoms with E-state index >= 15 is 0 Å². The van der Waals surface area contributed by atoms with Crippen LogP contribution in [-0.4, -0.2) is 28.7 Å². The van der Waals surface area contributed by atoms with Gasteiger partial charge in [-0.25, -0.2) is 0 Å². The minimum Gasteiger partial charge on any atom is -0.485 e. The summed E-state index contributed by atoms with van der Waals surface area (Å²) in [5, 5.41) is 3.42. The summed E-state index contributed by atoms with van der Waals surface area (Å²) in [4.78, 5) is 38.5. The van der Waals surface area contributed by atoms with Crippen LogP contribution in [-0.2, 0) is 29.2 Å². The van der Waals surface area contributed by atoms with Gasteiger partial charge in [0, 0.05) is 22.9 Å². The van der Waals surface area contributed by atoms with E-state index in [-0.39, 0.29) is 31.4 Å². The summed E-state index contributed by atoms with van der Waals surface area (Å²) in [6.07, 6.45) is 11.2. The number of furan rings is 1. The average Bonchev–Trinajstić information content (AvgIpc) is 3.49. The summed E-state index contributed by atoms with van der Waals surface area (Å²) in [5.41, 5.74) is 3.49. The van der Waals surface area contributed by atoms with Gasteiger partial charge in [0.15, 0.2) is 0 Å². The Morgan fingerprint density at radius 3 is 2.71 bits per heavy atom. The molecule has 1 atom stereocenters. The number of nitrogens with zero attached hydrogens (tertiary/aromatic N) is 1. The second-order valence-electron chi connectivity index (χ2n) is 11.0. The Labute approximate surface area is 222 Å². The fraction of sp³-hybridized carbons (Fsp3) is 0.452. The largest absolute Gasteiger partial charge is 0.485 e. The molecule has 7 nitrogen and oxygen atoms in total. The molecular weight excluding hydrogens is 480 g/mol. The number of imide groups is 1. The van der Waals surface area contributed by atoms with E-state index in [1.54, 1.807) is 12.1 Å².